The van der Waals surface area contributed by atoms with Crippen molar-refractivity contribution >= 4 is 23.2 Å². The maximum Gasteiger partial charge on any atom is 0.345 e. The van der Waals surface area contributed by atoms with Gasteiger partial charge in [0.2, 0.25) is 5.91 Å². The van der Waals surface area contributed by atoms with Crippen LogP contribution in [0.5, 0.6) is 0 Å². The maximum absolute atomic E-state index is 12.3. The molecule has 34 heavy (non-hydrogen) atoms. The topological polar surface area (TPSA) is 77.8 Å². The SMILES string of the molecule is C[C@@H](CCCCCc1ccccc1)[C@H](O)CC[C@H]1CCC(=O)N1CC#Cc1ccc(C(=O)O)s1. The Kier molecular flexibility index (Phi) is 10.2. The first-order valence-electron chi connectivity index (χ1n) is 12.3. The van der Waals surface area contributed by atoms with Crippen molar-refractivity contribution in [1.82, 2.24) is 4.90 Å². The number of hydrogen-bond donors (Lipinski definition) is 2. The van der Waals surface area contributed by atoms with Gasteiger partial charge in [-0.3, -0.25) is 4.79 Å². The number of carboxylic acid groups (broad SMARTS) is 1. The smallest absolute Gasteiger partial charge is 0.345 e. The number of thiophene rings is 1. The molecular formula is C28H35NO4S. The third-order valence-corrected chi connectivity index (χ3v) is 7.64. The number of carbonyl (C=O) groups excluding carboxylic acids is 1. The zero-order chi connectivity index (χ0) is 24.3. The number of likely N-dealkylation sites (tertiary alicyclic amines) is 1. The molecule has 1 aliphatic heterocycles. The number of rotatable bonds is 12. The molecule has 1 amide bonds. The van der Waals surface area contributed by atoms with Crippen LogP contribution in [-0.2, 0) is 11.2 Å². The van der Waals surface area contributed by atoms with E-state index in [1.54, 1.807) is 12.1 Å². The van der Waals surface area contributed by atoms with Gasteiger partial charge in [-0.2, -0.15) is 0 Å². The molecule has 5 nitrogen and oxygen atoms in total. The molecule has 0 radical (unpaired) electrons. The van der Waals surface area contributed by atoms with E-state index in [-0.39, 0.29) is 28.8 Å². The minimum absolute atomic E-state index is 0.109. The van der Waals surface area contributed by atoms with Gasteiger partial charge in [-0.15, -0.1) is 11.3 Å². The summed E-state index contributed by atoms with van der Waals surface area (Å²) in [5.74, 6) is 5.42. The zero-order valence-corrected chi connectivity index (χ0v) is 20.7. The number of amides is 1. The largest absolute Gasteiger partial charge is 0.477 e. The molecule has 0 spiro atoms. The summed E-state index contributed by atoms with van der Waals surface area (Å²) in [6.07, 6.45) is 8.08. The fourth-order valence-corrected chi connectivity index (χ4v) is 5.22. The number of aliphatic hydroxyl groups excluding tert-OH is 1. The summed E-state index contributed by atoms with van der Waals surface area (Å²) in [7, 11) is 0. The van der Waals surface area contributed by atoms with Gasteiger partial charge in [-0.05, 0) is 62.1 Å². The Bertz CT molecular complexity index is 991. The van der Waals surface area contributed by atoms with Gasteiger partial charge in [0.15, 0.2) is 0 Å². The van der Waals surface area contributed by atoms with Crippen molar-refractivity contribution in [2.75, 3.05) is 6.54 Å². The van der Waals surface area contributed by atoms with Crippen LogP contribution in [0, 0.1) is 17.8 Å². The van der Waals surface area contributed by atoms with E-state index >= 15 is 0 Å². The number of aliphatic hydroxyl groups is 1. The maximum atomic E-state index is 12.3. The van der Waals surface area contributed by atoms with E-state index in [1.165, 1.54) is 18.4 Å². The van der Waals surface area contributed by atoms with E-state index in [0.717, 1.165) is 43.4 Å². The first kappa shape index (κ1) is 26.0. The van der Waals surface area contributed by atoms with Gasteiger partial charge in [0.05, 0.1) is 17.5 Å². The van der Waals surface area contributed by atoms with Gasteiger partial charge in [0, 0.05) is 12.5 Å². The minimum atomic E-state index is -0.951. The average Bonchev–Trinajstić information content (AvgIpc) is 3.45. The summed E-state index contributed by atoms with van der Waals surface area (Å²) >= 11 is 1.14. The van der Waals surface area contributed by atoms with Crippen LogP contribution in [0.1, 0.15) is 78.4 Å². The van der Waals surface area contributed by atoms with Crippen LogP contribution >= 0.6 is 11.3 Å². The monoisotopic (exact) mass is 481 g/mol. The molecule has 1 saturated heterocycles. The van der Waals surface area contributed by atoms with Crippen molar-refractivity contribution in [3.05, 3.63) is 57.8 Å². The minimum Gasteiger partial charge on any atom is -0.477 e. The van der Waals surface area contributed by atoms with Crippen LogP contribution in [-0.4, -0.2) is 45.7 Å². The molecule has 1 fully saturated rings. The number of carbonyl (C=O) groups is 2. The Hall–Kier alpha value is -2.62. The zero-order valence-electron chi connectivity index (χ0n) is 19.9. The van der Waals surface area contributed by atoms with Crippen LogP contribution in [0.4, 0.5) is 0 Å². The number of aryl methyl sites for hydroxylation is 1. The Balaban J connectivity index is 1.36. The summed E-state index contributed by atoms with van der Waals surface area (Å²) in [6, 6.07) is 13.9. The van der Waals surface area contributed by atoms with Gasteiger partial charge in [-0.1, -0.05) is 61.9 Å². The average molecular weight is 482 g/mol. The van der Waals surface area contributed by atoms with Crippen LogP contribution in [0.2, 0.25) is 0 Å². The first-order valence-corrected chi connectivity index (χ1v) is 13.1. The Labute approximate surface area is 206 Å². The highest BCUT2D eigenvalue weighted by atomic mass is 32.1. The summed E-state index contributed by atoms with van der Waals surface area (Å²) in [4.78, 5) is 26.1. The molecule has 3 atom stereocenters. The fraction of sp³-hybridized carbons (Fsp3) is 0.500. The van der Waals surface area contributed by atoms with E-state index in [9.17, 15) is 14.7 Å². The molecule has 182 valence electrons. The number of unbranched alkanes of at least 4 members (excludes halogenated alkanes) is 2. The second-order valence-corrected chi connectivity index (χ2v) is 10.3. The van der Waals surface area contributed by atoms with Crippen molar-refractivity contribution < 1.29 is 19.8 Å². The Morgan fingerprint density at radius 1 is 1.15 bits per heavy atom. The van der Waals surface area contributed by atoms with E-state index < -0.39 is 5.97 Å². The number of nitrogens with zero attached hydrogens (tertiary/aromatic N) is 1. The third kappa shape index (κ3) is 8.00. The predicted octanol–water partition coefficient (Wildman–Crippen LogP) is 5.37. The van der Waals surface area contributed by atoms with Crippen molar-refractivity contribution in [1.29, 1.82) is 0 Å². The number of aromatic carboxylic acids is 1. The fourth-order valence-electron chi connectivity index (χ4n) is 4.50. The summed E-state index contributed by atoms with van der Waals surface area (Å²) in [5, 5.41) is 19.7. The summed E-state index contributed by atoms with van der Waals surface area (Å²) < 4.78 is 0. The Morgan fingerprint density at radius 3 is 2.68 bits per heavy atom. The molecule has 6 heteroatoms. The molecule has 2 aromatic rings. The molecule has 2 N–H and O–H groups in total. The predicted molar refractivity (Wildman–Crippen MR) is 136 cm³/mol. The molecule has 0 bridgehead atoms. The van der Waals surface area contributed by atoms with E-state index in [1.807, 2.05) is 11.0 Å². The van der Waals surface area contributed by atoms with Gasteiger partial charge < -0.3 is 15.1 Å². The van der Waals surface area contributed by atoms with Crippen molar-refractivity contribution in [3.8, 4) is 11.8 Å². The number of hydrogen-bond acceptors (Lipinski definition) is 4. The van der Waals surface area contributed by atoms with Gasteiger partial charge in [0.1, 0.15) is 4.88 Å². The standard InChI is InChI=1S/C28H35NO4S/c1-21(9-4-2-5-10-22-11-6-3-7-12-22)25(30)17-14-23-15-19-27(31)29(23)20-8-13-24-16-18-26(34-24)28(32)33/h3,6-7,11-12,16,18,21,23,25,30H,2,4-5,9-10,14-15,17,19-20H2,1H3,(H,32,33)/t21-,23-,25+/m0/s1. The molecule has 1 aromatic carbocycles. The Morgan fingerprint density at radius 2 is 1.94 bits per heavy atom. The first-order chi connectivity index (χ1) is 16.4. The normalized spacial score (nSPS) is 17.3. The third-order valence-electron chi connectivity index (χ3n) is 6.65. The van der Waals surface area contributed by atoms with Gasteiger partial charge in [-0.25, -0.2) is 4.79 Å². The molecule has 3 rings (SSSR count). The number of benzene rings is 1. The lowest BCUT2D eigenvalue weighted by Crippen LogP contribution is -2.34. The highest BCUT2D eigenvalue weighted by Gasteiger charge is 2.30. The molecule has 1 aromatic heterocycles. The van der Waals surface area contributed by atoms with Gasteiger partial charge >= 0.3 is 5.97 Å². The number of carboxylic acids is 1. The van der Waals surface area contributed by atoms with E-state index in [0.29, 0.717) is 24.3 Å². The van der Waals surface area contributed by atoms with Crippen LogP contribution in [0.15, 0.2) is 42.5 Å². The second kappa shape index (κ2) is 13.3. The quantitative estimate of drug-likeness (QED) is 0.316. The second-order valence-electron chi connectivity index (χ2n) is 9.19. The van der Waals surface area contributed by atoms with Crippen molar-refractivity contribution in [3.63, 3.8) is 0 Å². The van der Waals surface area contributed by atoms with Gasteiger partial charge in [0.25, 0.3) is 0 Å². The molecule has 2 heterocycles. The van der Waals surface area contributed by atoms with Crippen LogP contribution in [0.25, 0.3) is 0 Å². The lowest BCUT2D eigenvalue weighted by Gasteiger charge is -2.25. The van der Waals surface area contributed by atoms with Crippen LogP contribution in [0.3, 0.4) is 0 Å². The van der Waals surface area contributed by atoms with E-state index in [4.69, 9.17) is 5.11 Å². The van der Waals surface area contributed by atoms with E-state index in [2.05, 4.69) is 43.0 Å². The summed E-state index contributed by atoms with van der Waals surface area (Å²) in [6.45, 7) is 2.47. The lowest BCUT2D eigenvalue weighted by molar-refractivity contribution is -0.128. The van der Waals surface area contributed by atoms with Crippen LogP contribution < -0.4 is 0 Å². The van der Waals surface area contributed by atoms with Crippen molar-refractivity contribution in [2.45, 2.75) is 76.9 Å². The molecular weight excluding hydrogens is 446 g/mol. The molecule has 1 aliphatic rings. The lowest BCUT2D eigenvalue weighted by atomic mass is 9.92. The molecule has 0 aliphatic carbocycles. The highest BCUT2D eigenvalue weighted by molar-refractivity contribution is 7.14. The molecule has 0 unspecified atom stereocenters. The van der Waals surface area contributed by atoms with Crippen molar-refractivity contribution in [2.24, 2.45) is 5.92 Å². The summed E-state index contributed by atoms with van der Waals surface area (Å²) in [5.41, 5.74) is 1.39. The highest BCUT2D eigenvalue weighted by Crippen LogP contribution is 2.25. The molecule has 0 saturated carbocycles.